The van der Waals surface area contributed by atoms with Crippen molar-refractivity contribution in [2.75, 3.05) is 0 Å². The maximum Gasteiger partial charge on any atom is 0.340 e. The SMILES string of the molecule is Cc1ccc(Cn2ncc(C(=O)O)c2Br)cc1. The van der Waals surface area contributed by atoms with Gasteiger partial charge >= 0.3 is 5.97 Å². The molecule has 17 heavy (non-hydrogen) atoms. The van der Waals surface area contributed by atoms with E-state index < -0.39 is 5.97 Å². The number of halogens is 1. The summed E-state index contributed by atoms with van der Waals surface area (Å²) in [7, 11) is 0. The number of carboxylic acid groups (broad SMARTS) is 1. The first kappa shape index (κ1) is 11.9. The number of hydrogen-bond donors (Lipinski definition) is 1. The minimum absolute atomic E-state index is 0.178. The van der Waals surface area contributed by atoms with Crippen molar-refractivity contribution in [1.82, 2.24) is 9.78 Å². The van der Waals surface area contributed by atoms with E-state index in [1.54, 1.807) is 4.68 Å². The number of hydrogen-bond acceptors (Lipinski definition) is 2. The fraction of sp³-hybridized carbons (Fsp3) is 0.167. The zero-order valence-corrected chi connectivity index (χ0v) is 10.8. The van der Waals surface area contributed by atoms with E-state index in [1.807, 2.05) is 31.2 Å². The maximum absolute atomic E-state index is 10.8. The summed E-state index contributed by atoms with van der Waals surface area (Å²) in [4.78, 5) is 10.8. The van der Waals surface area contributed by atoms with Gasteiger partial charge in [-0.15, -0.1) is 0 Å². The molecule has 88 valence electrons. The molecule has 0 spiro atoms. The highest BCUT2D eigenvalue weighted by Gasteiger charge is 2.14. The lowest BCUT2D eigenvalue weighted by molar-refractivity contribution is 0.0695. The van der Waals surface area contributed by atoms with Crippen molar-refractivity contribution in [3.8, 4) is 0 Å². The molecule has 0 unspecified atom stereocenters. The Morgan fingerprint density at radius 3 is 2.59 bits per heavy atom. The van der Waals surface area contributed by atoms with Gasteiger partial charge in [-0.3, -0.25) is 4.68 Å². The molecule has 0 aliphatic carbocycles. The highest BCUT2D eigenvalue weighted by atomic mass is 79.9. The molecule has 1 heterocycles. The third-order valence-corrected chi connectivity index (χ3v) is 3.29. The Morgan fingerprint density at radius 2 is 2.06 bits per heavy atom. The Hall–Kier alpha value is -1.62. The minimum atomic E-state index is -0.980. The average molecular weight is 295 g/mol. The fourth-order valence-electron chi connectivity index (χ4n) is 1.49. The summed E-state index contributed by atoms with van der Waals surface area (Å²) in [6.45, 7) is 2.57. The Kier molecular flexibility index (Phi) is 3.28. The van der Waals surface area contributed by atoms with Gasteiger partial charge in [-0.05, 0) is 28.4 Å². The Balaban J connectivity index is 2.24. The summed E-state index contributed by atoms with van der Waals surface area (Å²) in [5.41, 5.74) is 2.45. The Labute approximate surface area is 107 Å². The number of aromatic nitrogens is 2. The quantitative estimate of drug-likeness (QED) is 0.947. The topological polar surface area (TPSA) is 55.1 Å². The van der Waals surface area contributed by atoms with E-state index in [-0.39, 0.29) is 5.56 Å². The van der Waals surface area contributed by atoms with Crippen LogP contribution >= 0.6 is 15.9 Å². The summed E-state index contributed by atoms with van der Waals surface area (Å²) < 4.78 is 2.11. The maximum atomic E-state index is 10.8. The van der Waals surface area contributed by atoms with Gasteiger partial charge in [0.2, 0.25) is 0 Å². The molecule has 4 nitrogen and oxygen atoms in total. The van der Waals surface area contributed by atoms with Crippen molar-refractivity contribution in [1.29, 1.82) is 0 Å². The number of carboxylic acids is 1. The third-order valence-electron chi connectivity index (χ3n) is 2.46. The summed E-state index contributed by atoms with van der Waals surface area (Å²) in [5, 5.41) is 12.9. The smallest absolute Gasteiger partial charge is 0.340 e. The van der Waals surface area contributed by atoms with Gasteiger partial charge < -0.3 is 5.11 Å². The van der Waals surface area contributed by atoms with Crippen molar-refractivity contribution >= 4 is 21.9 Å². The van der Waals surface area contributed by atoms with Crippen molar-refractivity contribution in [3.05, 3.63) is 51.8 Å². The number of aryl methyl sites for hydroxylation is 1. The van der Waals surface area contributed by atoms with Gasteiger partial charge in [0.25, 0.3) is 0 Å². The standard InChI is InChI=1S/C12H11BrN2O2/c1-8-2-4-9(5-3-8)7-15-11(13)10(6-14-15)12(16)17/h2-6H,7H2,1H3,(H,16,17). The third kappa shape index (κ3) is 2.55. The van der Waals surface area contributed by atoms with Crippen molar-refractivity contribution in [2.24, 2.45) is 0 Å². The van der Waals surface area contributed by atoms with E-state index in [1.165, 1.54) is 11.8 Å². The molecule has 0 bridgehead atoms. The fourth-order valence-corrected chi connectivity index (χ4v) is 1.98. The first-order valence-electron chi connectivity index (χ1n) is 5.08. The summed E-state index contributed by atoms with van der Waals surface area (Å²) in [6, 6.07) is 8.05. The lowest BCUT2D eigenvalue weighted by Crippen LogP contribution is -2.03. The Morgan fingerprint density at radius 1 is 1.41 bits per heavy atom. The van der Waals surface area contributed by atoms with Crippen molar-refractivity contribution in [2.45, 2.75) is 13.5 Å². The highest BCUT2D eigenvalue weighted by molar-refractivity contribution is 9.10. The number of rotatable bonds is 3. The van der Waals surface area contributed by atoms with Gasteiger partial charge in [0, 0.05) is 0 Å². The van der Waals surface area contributed by atoms with Crippen LogP contribution in [0.25, 0.3) is 0 Å². The summed E-state index contributed by atoms with van der Waals surface area (Å²) in [6.07, 6.45) is 1.35. The number of benzene rings is 1. The second kappa shape index (κ2) is 4.71. The summed E-state index contributed by atoms with van der Waals surface area (Å²) >= 11 is 3.24. The van der Waals surface area contributed by atoms with Gasteiger partial charge in [0.1, 0.15) is 10.2 Å². The molecule has 0 fully saturated rings. The van der Waals surface area contributed by atoms with Crippen LogP contribution in [0.1, 0.15) is 21.5 Å². The molecule has 1 aromatic heterocycles. The zero-order chi connectivity index (χ0) is 12.4. The van der Waals surface area contributed by atoms with E-state index in [0.29, 0.717) is 11.1 Å². The van der Waals surface area contributed by atoms with Crippen LogP contribution in [-0.2, 0) is 6.54 Å². The number of aromatic carboxylic acids is 1. The molecule has 1 aromatic carbocycles. The largest absolute Gasteiger partial charge is 0.478 e. The molecular formula is C12H11BrN2O2. The van der Waals surface area contributed by atoms with Crippen LogP contribution in [0.3, 0.4) is 0 Å². The average Bonchev–Trinajstić information content (AvgIpc) is 2.64. The molecule has 0 radical (unpaired) electrons. The van der Waals surface area contributed by atoms with Gasteiger partial charge in [0.05, 0.1) is 12.7 Å². The lowest BCUT2D eigenvalue weighted by atomic mass is 10.1. The first-order chi connectivity index (χ1) is 8.08. The van der Waals surface area contributed by atoms with Crippen molar-refractivity contribution < 1.29 is 9.90 Å². The van der Waals surface area contributed by atoms with Gasteiger partial charge in [0.15, 0.2) is 0 Å². The second-order valence-electron chi connectivity index (χ2n) is 3.80. The second-order valence-corrected chi connectivity index (χ2v) is 4.55. The van der Waals surface area contributed by atoms with Gasteiger partial charge in [-0.25, -0.2) is 4.79 Å². The van der Waals surface area contributed by atoms with E-state index >= 15 is 0 Å². The molecule has 0 saturated carbocycles. The van der Waals surface area contributed by atoms with Crippen LogP contribution in [-0.4, -0.2) is 20.9 Å². The molecule has 0 amide bonds. The van der Waals surface area contributed by atoms with E-state index in [0.717, 1.165) is 5.56 Å². The first-order valence-corrected chi connectivity index (χ1v) is 5.87. The normalized spacial score (nSPS) is 10.5. The van der Waals surface area contributed by atoms with E-state index in [9.17, 15) is 4.79 Å². The molecule has 5 heteroatoms. The van der Waals surface area contributed by atoms with Crippen LogP contribution in [0.4, 0.5) is 0 Å². The predicted molar refractivity (Wildman–Crippen MR) is 67.2 cm³/mol. The molecule has 0 atom stereocenters. The van der Waals surface area contributed by atoms with Gasteiger partial charge in [-0.1, -0.05) is 29.8 Å². The van der Waals surface area contributed by atoms with Crippen LogP contribution in [0.15, 0.2) is 35.1 Å². The van der Waals surface area contributed by atoms with Crippen LogP contribution in [0.2, 0.25) is 0 Å². The molecule has 0 saturated heterocycles. The summed E-state index contributed by atoms with van der Waals surface area (Å²) in [5.74, 6) is -0.980. The molecule has 2 aromatic rings. The highest BCUT2D eigenvalue weighted by Crippen LogP contribution is 2.17. The Bertz CT molecular complexity index is 546. The van der Waals surface area contributed by atoms with Crippen LogP contribution < -0.4 is 0 Å². The van der Waals surface area contributed by atoms with Gasteiger partial charge in [-0.2, -0.15) is 5.10 Å². The van der Waals surface area contributed by atoms with Crippen LogP contribution in [0, 0.1) is 6.92 Å². The molecule has 0 aliphatic rings. The zero-order valence-electron chi connectivity index (χ0n) is 9.22. The number of nitrogens with zero attached hydrogens (tertiary/aromatic N) is 2. The molecule has 0 aliphatic heterocycles. The molecule has 1 N–H and O–H groups in total. The van der Waals surface area contributed by atoms with E-state index in [2.05, 4.69) is 21.0 Å². The van der Waals surface area contributed by atoms with E-state index in [4.69, 9.17) is 5.11 Å². The van der Waals surface area contributed by atoms with Crippen LogP contribution in [0.5, 0.6) is 0 Å². The molecule has 2 rings (SSSR count). The predicted octanol–water partition coefficient (Wildman–Crippen LogP) is 2.70. The monoisotopic (exact) mass is 294 g/mol. The lowest BCUT2D eigenvalue weighted by Gasteiger charge is -2.04. The molecular weight excluding hydrogens is 284 g/mol. The number of carbonyl (C=O) groups is 1. The minimum Gasteiger partial charge on any atom is -0.478 e. The van der Waals surface area contributed by atoms with Crippen molar-refractivity contribution in [3.63, 3.8) is 0 Å².